The van der Waals surface area contributed by atoms with Gasteiger partial charge in [-0.15, -0.1) is 10.2 Å². The van der Waals surface area contributed by atoms with Crippen LogP contribution in [0.4, 0.5) is 0 Å². The molecule has 1 aliphatic heterocycles. The van der Waals surface area contributed by atoms with Gasteiger partial charge >= 0.3 is 0 Å². The van der Waals surface area contributed by atoms with Crippen LogP contribution in [0.25, 0.3) is 0 Å². The highest BCUT2D eigenvalue weighted by atomic mass is 32.2. The first-order valence-corrected chi connectivity index (χ1v) is 7.62. The third kappa shape index (κ3) is 2.36. The van der Waals surface area contributed by atoms with Crippen molar-refractivity contribution < 1.29 is 0 Å². The van der Waals surface area contributed by atoms with Crippen molar-refractivity contribution in [3.8, 4) is 0 Å². The number of rotatable bonds is 3. The van der Waals surface area contributed by atoms with Gasteiger partial charge in [0.2, 0.25) is 5.16 Å². The molecule has 0 aliphatic carbocycles. The van der Waals surface area contributed by atoms with E-state index in [0.717, 1.165) is 28.0 Å². The first kappa shape index (κ1) is 13.3. The van der Waals surface area contributed by atoms with Crippen molar-refractivity contribution in [2.24, 2.45) is 16.8 Å². The normalized spacial score (nSPS) is 15.9. The summed E-state index contributed by atoms with van der Waals surface area (Å²) in [6.45, 7) is 4.15. The number of nitrogens with zero attached hydrogens (tertiary/aromatic N) is 4. The van der Waals surface area contributed by atoms with Gasteiger partial charge < -0.3 is 5.73 Å². The van der Waals surface area contributed by atoms with E-state index >= 15 is 0 Å². The van der Waals surface area contributed by atoms with Crippen LogP contribution in [0.2, 0.25) is 0 Å². The van der Waals surface area contributed by atoms with E-state index in [9.17, 15) is 0 Å². The lowest BCUT2D eigenvalue weighted by molar-refractivity contribution is 0.470. The van der Waals surface area contributed by atoms with Gasteiger partial charge in [-0.3, -0.25) is 0 Å². The van der Waals surface area contributed by atoms with Crippen molar-refractivity contribution in [2.75, 3.05) is 5.75 Å². The lowest BCUT2D eigenvalue weighted by atomic mass is 10.1. The van der Waals surface area contributed by atoms with Gasteiger partial charge in [0.15, 0.2) is 5.82 Å². The predicted octanol–water partition coefficient (Wildman–Crippen LogP) is 2.29. The monoisotopic (exact) mass is 287 g/mol. The molecule has 6 heteroatoms. The van der Waals surface area contributed by atoms with Crippen molar-refractivity contribution in [3.05, 3.63) is 41.7 Å². The molecule has 1 unspecified atom stereocenters. The summed E-state index contributed by atoms with van der Waals surface area (Å²) in [6, 6.07) is 10.0. The van der Waals surface area contributed by atoms with E-state index in [1.54, 1.807) is 16.4 Å². The van der Waals surface area contributed by atoms with Crippen molar-refractivity contribution in [1.29, 1.82) is 0 Å². The summed E-state index contributed by atoms with van der Waals surface area (Å²) in [5, 5.41) is 13.9. The maximum absolute atomic E-state index is 6.19. The van der Waals surface area contributed by atoms with Gasteiger partial charge in [0.25, 0.3) is 0 Å². The maximum Gasteiger partial charge on any atom is 0.212 e. The standard InChI is InChI=1S/C14H17N5S/c1-9(2)12(15)13-16-17-14-19(13)18-11(8-20-14)10-6-4-3-5-7-10/h3-7,9,12H,8,15H2,1-2H3. The Hall–Kier alpha value is -1.66. The molecule has 5 nitrogen and oxygen atoms in total. The number of thioether (sulfide) groups is 1. The number of benzene rings is 1. The highest BCUT2D eigenvalue weighted by Gasteiger charge is 2.24. The van der Waals surface area contributed by atoms with E-state index in [2.05, 4.69) is 41.3 Å². The zero-order chi connectivity index (χ0) is 14.1. The molecule has 0 saturated carbocycles. The Labute approximate surface area is 122 Å². The maximum atomic E-state index is 6.19. The van der Waals surface area contributed by atoms with Gasteiger partial charge in [-0.2, -0.15) is 9.78 Å². The van der Waals surface area contributed by atoms with Crippen molar-refractivity contribution in [1.82, 2.24) is 14.9 Å². The molecule has 1 aromatic carbocycles. The minimum Gasteiger partial charge on any atom is -0.321 e. The fourth-order valence-electron chi connectivity index (χ4n) is 2.02. The highest BCUT2D eigenvalue weighted by molar-refractivity contribution is 7.99. The first-order chi connectivity index (χ1) is 9.66. The Morgan fingerprint density at radius 3 is 2.65 bits per heavy atom. The summed E-state index contributed by atoms with van der Waals surface area (Å²) < 4.78 is 1.79. The molecule has 1 atom stereocenters. The van der Waals surface area contributed by atoms with Gasteiger partial charge in [-0.25, -0.2) is 0 Å². The molecule has 1 aliphatic rings. The van der Waals surface area contributed by atoms with E-state index in [0.29, 0.717) is 5.92 Å². The van der Waals surface area contributed by atoms with Crippen molar-refractivity contribution in [2.45, 2.75) is 25.0 Å². The minimum atomic E-state index is -0.157. The summed E-state index contributed by atoms with van der Waals surface area (Å²) in [5.74, 6) is 1.83. The van der Waals surface area contributed by atoms with E-state index in [4.69, 9.17) is 5.73 Å². The van der Waals surface area contributed by atoms with Crippen LogP contribution in [0, 0.1) is 5.92 Å². The fourth-order valence-corrected chi connectivity index (χ4v) is 2.87. The van der Waals surface area contributed by atoms with Crippen molar-refractivity contribution in [3.63, 3.8) is 0 Å². The van der Waals surface area contributed by atoms with Crippen LogP contribution in [0.3, 0.4) is 0 Å². The molecule has 2 N–H and O–H groups in total. The number of hydrogen-bond donors (Lipinski definition) is 1. The third-order valence-electron chi connectivity index (χ3n) is 3.32. The smallest absolute Gasteiger partial charge is 0.212 e. The molecule has 2 heterocycles. The summed E-state index contributed by atoms with van der Waals surface area (Å²) in [7, 11) is 0. The van der Waals surface area contributed by atoms with Crippen LogP contribution in [0.15, 0.2) is 40.6 Å². The molecule has 3 rings (SSSR count). The Kier molecular flexibility index (Phi) is 3.58. The van der Waals surface area contributed by atoms with Crippen LogP contribution in [-0.2, 0) is 0 Å². The minimum absolute atomic E-state index is 0.157. The summed E-state index contributed by atoms with van der Waals surface area (Å²) in [5.41, 5.74) is 8.34. The Balaban J connectivity index is 2.01. The predicted molar refractivity (Wildman–Crippen MR) is 80.9 cm³/mol. The lowest BCUT2D eigenvalue weighted by Gasteiger charge is -2.18. The summed E-state index contributed by atoms with van der Waals surface area (Å²) in [6.07, 6.45) is 0. The van der Waals surface area contributed by atoms with Gasteiger partial charge in [0.1, 0.15) is 0 Å². The van der Waals surface area contributed by atoms with E-state index in [-0.39, 0.29) is 6.04 Å². The number of aromatic nitrogens is 3. The van der Waals surface area contributed by atoms with Crippen LogP contribution in [-0.4, -0.2) is 26.3 Å². The number of nitrogens with two attached hydrogens (primary N) is 1. The average Bonchev–Trinajstić information content (AvgIpc) is 2.90. The lowest BCUT2D eigenvalue weighted by Crippen LogP contribution is -2.23. The van der Waals surface area contributed by atoms with Crippen LogP contribution in [0.5, 0.6) is 0 Å². The van der Waals surface area contributed by atoms with Gasteiger partial charge in [0, 0.05) is 5.75 Å². The molecule has 0 radical (unpaired) electrons. The zero-order valence-electron chi connectivity index (χ0n) is 11.5. The highest BCUT2D eigenvalue weighted by Crippen LogP contribution is 2.27. The second-order valence-corrected chi connectivity index (χ2v) is 6.07. The van der Waals surface area contributed by atoms with Gasteiger partial charge in [-0.05, 0) is 11.5 Å². The van der Waals surface area contributed by atoms with Gasteiger partial charge in [0.05, 0.1) is 11.8 Å². The second kappa shape index (κ2) is 5.38. The second-order valence-electron chi connectivity index (χ2n) is 5.12. The molecule has 1 aromatic heterocycles. The van der Waals surface area contributed by atoms with E-state index < -0.39 is 0 Å². The van der Waals surface area contributed by atoms with Crippen LogP contribution in [0.1, 0.15) is 31.3 Å². The van der Waals surface area contributed by atoms with Gasteiger partial charge in [-0.1, -0.05) is 55.9 Å². The molecule has 0 spiro atoms. The molecule has 20 heavy (non-hydrogen) atoms. The molecule has 0 bridgehead atoms. The zero-order valence-corrected chi connectivity index (χ0v) is 12.3. The molecular formula is C14H17N5S. The quantitative estimate of drug-likeness (QED) is 0.940. The van der Waals surface area contributed by atoms with Crippen LogP contribution < -0.4 is 5.73 Å². The Morgan fingerprint density at radius 1 is 1.20 bits per heavy atom. The molecule has 0 fully saturated rings. The molecular weight excluding hydrogens is 270 g/mol. The largest absolute Gasteiger partial charge is 0.321 e. The number of hydrogen-bond acceptors (Lipinski definition) is 5. The summed E-state index contributed by atoms with van der Waals surface area (Å²) >= 11 is 1.64. The van der Waals surface area contributed by atoms with Crippen molar-refractivity contribution >= 4 is 17.5 Å². The first-order valence-electron chi connectivity index (χ1n) is 6.64. The molecule has 0 amide bonds. The fraction of sp³-hybridized carbons (Fsp3) is 0.357. The molecule has 0 saturated heterocycles. The number of fused-ring (bicyclic) bond motifs is 1. The third-order valence-corrected chi connectivity index (χ3v) is 4.25. The van der Waals surface area contributed by atoms with E-state index in [1.165, 1.54) is 0 Å². The van der Waals surface area contributed by atoms with Crippen LogP contribution >= 0.6 is 11.8 Å². The van der Waals surface area contributed by atoms with E-state index in [1.807, 2.05) is 18.2 Å². The SMILES string of the molecule is CC(C)C(N)c1nnc2n1N=C(c1ccccc1)CS2. The Morgan fingerprint density at radius 2 is 1.95 bits per heavy atom. The molecule has 104 valence electrons. The Bertz CT molecular complexity index is 632. The topological polar surface area (TPSA) is 69.1 Å². The molecule has 2 aromatic rings. The average molecular weight is 287 g/mol. The summed E-state index contributed by atoms with van der Waals surface area (Å²) in [4.78, 5) is 0.